The molecular weight excluding hydrogens is 454 g/mol. The maximum Gasteiger partial charge on any atom is 0.321 e. The van der Waals surface area contributed by atoms with Gasteiger partial charge in [0.25, 0.3) is 5.56 Å². The highest BCUT2D eigenvalue weighted by Gasteiger charge is 2.20. The number of rotatable bonds is 5. The minimum absolute atomic E-state index is 0. The summed E-state index contributed by atoms with van der Waals surface area (Å²) in [7, 11) is 2.12. The maximum atomic E-state index is 13.1. The highest BCUT2D eigenvalue weighted by molar-refractivity contribution is 5.98. The molecule has 9 heteroatoms. The molecule has 4 heterocycles. The zero-order valence-electron chi connectivity index (χ0n) is 19.9. The third-order valence-electron chi connectivity index (χ3n) is 6.46. The predicted molar refractivity (Wildman–Crippen MR) is 144 cm³/mol. The van der Waals surface area contributed by atoms with Crippen molar-refractivity contribution in [1.29, 1.82) is 0 Å². The van der Waals surface area contributed by atoms with E-state index in [2.05, 4.69) is 37.5 Å². The first-order chi connectivity index (χ1) is 17.0. The van der Waals surface area contributed by atoms with Crippen molar-refractivity contribution >= 4 is 23.0 Å². The number of aromatic nitrogens is 4. The molecule has 3 N–H and O–H groups in total. The molecule has 9 nitrogen and oxygen atoms in total. The van der Waals surface area contributed by atoms with E-state index < -0.39 is 0 Å². The number of piperidine rings is 1. The number of pyridine rings is 2. The van der Waals surface area contributed by atoms with E-state index in [-0.39, 0.29) is 25.1 Å². The number of benzene rings is 1. The summed E-state index contributed by atoms with van der Waals surface area (Å²) >= 11 is 0. The Bertz CT molecular complexity index is 1400. The molecule has 0 spiro atoms. The first-order valence-corrected chi connectivity index (χ1v) is 11.9. The van der Waals surface area contributed by atoms with Gasteiger partial charge in [-0.3, -0.25) is 15.1 Å². The summed E-state index contributed by atoms with van der Waals surface area (Å²) in [5.41, 5.74) is 4.71. The Kier molecular flexibility index (Phi) is 7.49. The number of hydrogen-bond acceptors (Lipinski definition) is 5. The zero-order valence-corrected chi connectivity index (χ0v) is 19.9. The number of fused-ring (bicyclic) bond motifs is 1. The Hall–Kier alpha value is -3.98. The molecule has 1 aliphatic rings. The lowest BCUT2D eigenvalue weighted by molar-refractivity contribution is 0.219. The monoisotopic (exact) mass is 487 g/mol. The number of nitrogens with one attached hydrogen (secondary N) is 3. The summed E-state index contributed by atoms with van der Waals surface area (Å²) in [5.74, 6) is 0.345. The standard InChI is InChI=1S/C26H29N7O2.CH4/c1-3-27-26(35)31-25-29-22-15-18(14-20(24(22)30-25)21-6-4-5-10-28-21)17-7-13-33(23(34)16-17)19-8-11-32(2)12-9-19;/h4-7,10,13-16,19H,3,8-9,11-12H2,1-2H3,(H3,27,29,30,31,35);1H4. The summed E-state index contributed by atoms with van der Waals surface area (Å²) < 4.78 is 1.86. The molecule has 0 radical (unpaired) electrons. The number of anilines is 1. The van der Waals surface area contributed by atoms with E-state index in [1.54, 1.807) is 12.3 Å². The molecule has 1 saturated heterocycles. The van der Waals surface area contributed by atoms with Crippen molar-refractivity contribution in [2.75, 3.05) is 32.0 Å². The molecule has 4 aromatic rings. The van der Waals surface area contributed by atoms with Crippen molar-refractivity contribution < 1.29 is 4.79 Å². The smallest absolute Gasteiger partial charge is 0.321 e. The highest BCUT2D eigenvalue weighted by Crippen LogP contribution is 2.33. The molecule has 3 aromatic heterocycles. The molecular formula is C27H33N7O2. The van der Waals surface area contributed by atoms with Crippen LogP contribution in [0.1, 0.15) is 33.2 Å². The van der Waals surface area contributed by atoms with Gasteiger partial charge >= 0.3 is 6.03 Å². The summed E-state index contributed by atoms with van der Waals surface area (Å²) in [5, 5.41) is 5.43. The molecule has 1 aromatic carbocycles. The van der Waals surface area contributed by atoms with Crippen LogP contribution in [0.5, 0.6) is 0 Å². The van der Waals surface area contributed by atoms with Crippen LogP contribution in [0.25, 0.3) is 33.4 Å². The number of carbonyl (C=O) groups excluding carboxylic acids is 1. The van der Waals surface area contributed by atoms with Crippen LogP contribution in [0, 0.1) is 0 Å². The van der Waals surface area contributed by atoms with E-state index in [4.69, 9.17) is 0 Å². The summed E-state index contributed by atoms with van der Waals surface area (Å²) in [6.45, 7) is 4.35. The summed E-state index contributed by atoms with van der Waals surface area (Å²) in [6.07, 6.45) is 5.59. The zero-order chi connectivity index (χ0) is 24.4. The molecule has 0 aliphatic carbocycles. The second kappa shape index (κ2) is 10.7. The largest absolute Gasteiger partial charge is 0.338 e. The normalized spacial score (nSPS) is 14.4. The third kappa shape index (κ3) is 5.16. The number of likely N-dealkylation sites (tertiary alicyclic amines) is 1. The number of carbonyl (C=O) groups is 1. The van der Waals surface area contributed by atoms with Gasteiger partial charge in [-0.15, -0.1) is 0 Å². The number of nitrogens with zero attached hydrogens (tertiary/aromatic N) is 4. The van der Waals surface area contributed by atoms with Crippen LogP contribution in [0.2, 0.25) is 0 Å². The van der Waals surface area contributed by atoms with Crippen molar-refractivity contribution in [2.24, 2.45) is 0 Å². The van der Waals surface area contributed by atoms with Crippen molar-refractivity contribution in [1.82, 2.24) is 29.7 Å². The second-order valence-electron chi connectivity index (χ2n) is 8.90. The molecule has 0 bridgehead atoms. The highest BCUT2D eigenvalue weighted by atomic mass is 16.2. The first-order valence-electron chi connectivity index (χ1n) is 11.9. The van der Waals surface area contributed by atoms with Gasteiger partial charge in [0.05, 0.1) is 16.7 Å². The van der Waals surface area contributed by atoms with E-state index in [9.17, 15) is 9.59 Å². The van der Waals surface area contributed by atoms with Crippen molar-refractivity contribution in [2.45, 2.75) is 33.2 Å². The third-order valence-corrected chi connectivity index (χ3v) is 6.46. The van der Waals surface area contributed by atoms with Crippen LogP contribution < -0.4 is 16.2 Å². The Labute approximate surface area is 210 Å². The van der Waals surface area contributed by atoms with E-state index in [1.165, 1.54) is 0 Å². The van der Waals surface area contributed by atoms with E-state index >= 15 is 0 Å². The van der Waals surface area contributed by atoms with Crippen LogP contribution in [0.4, 0.5) is 10.7 Å². The lowest BCUT2D eigenvalue weighted by atomic mass is 10.00. The van der Waals surface area contributed by atoms with Gasteiger partial charge in [0.2, 0.25) is 5.95 Å². The molecule has 0 atom stereocenters. The molecule has 2 amide bonds. The number of aromatic amines is 1. The minimum Gasteiger partial charge on any atom is -0.338 e. The maximum absolute atomic E-state index is 13.1. The number of urea groups is 1. The number of hydrogen-bond donors (Lipinski definition) is 3. The van der Waals surface area contributed by atoms with E-state index in [0.717, 1.165) is 53.8 Å². The minimum atomic E-state index is -0.330. The van der Waals surface area contributed by atoms with E-state index in [0.29, 0.717) is 18.0 Å². The van der Waals surface area contributed by atoms with E-state index in [1.807, 2.05) is 54.1 Å². The van der Waals surface area contributed by atoms with Crippen LogP contribution in [0.3, 0.4) is 0 Å². The SMILES string of the molecule is C.CCNC(=O)Nc1nc2c(-c3ccccn3)cc(-c3ccn(C4CCN(C)CC4)c(=O)c3)cc2[nH]1. The fraction of sp³-hybridized carbons (Fsp3) is 0.333. The Morgan fingerprint density at radius 2 is 1.94 bits per heavy atom. The average molecular weight is 488 g/mol. The van der Waals surface area contributed by atoms with Gasteiger partial charge in [-0.2, -0.15) is 0 Å². The Morgan fingerprint density at radius 1 is 1.14 bits per heavy atom. The predicted octanol–water partition coefficient (Wildman–Crippen LogP) is 4.50. The van der Waals surface area contributed by atoms with Crippen LogP contribution >= 0.6 is 0 Å². The molecule has 1 aliphatic heterocycles. The molecule has 1 fully saturated rings. The second-order valence-corrected chi connectivity index (χ2v) is 8.90. The van der Waals surface area contributed by atoms with Gasteiger partial charge in [-0.25, -0.2) is 9.78 Å². The lowest BCUT2D eigenvalue weighted by Crippen LogP contribution is -2.35. The van der Waals surface area contributed by atoms with Gasteiger partial charge in [-0.1, -0.05) is 13.5 Å². The molecule has 36 heavy (non-hydrogen) atoms. The summed E-state index contributed by atoms with van der Waals surface area (Å²) in [6, 6.07) is 13.2. The van der Waals surface area contributed by atoms with Crippen LogP contribution in [-0.4, -0.2) is 57.1 Å². The van der Waals surface area contributed by atoms with Gasteiger partial charge in [0, 0.05) is 36.6 Å². The van der Waals surface area contributed by atoms with Gasteiger partial charge in [0.15, 0.2) is 0 Å². The van der Waals surface area contributed by atoms with Gasteiger partial charge in [0.1, 0.15) is 0 Å². The first kappa shape index (κ1) is 25.1. The quantitative estimate of drug-likeness (QED) is 0.384. The summed E-state index contributed by atoms with van der Waals surface area (Å²) in [4.78, 5) is 39.7. The molecule has 188 valence electrons. The van der Waals surface area contributed by atoms with Crippen LogP contribution in [-0.2, 0) is 0 Å². The van der Waals surface area contributed by atoms with Crippen LogP contribution in [0.15, 0.2) is 59.7 Å². The molecule has 0 saturated carbocycles. The van der Waals surface area contributed by atoms with Crippen molar-refractivity contribution in [3.63, 3.8) is 0 Å². The number of amides is 2. The topological polar surface area (TPSA) is 108 Å². The van der Waals surface area contributed by atoms with Crippen molar-refractivity contribution in [3.05, 3.63) is 65.2 Å². The Balaban J connectivity index is 0.00000304. The fourth-order valence-electron chi connectivity index (χ4n) is 4.62. The lowest BCUT2D eigenvalue weighted by Gasteiger charge is -2.30. The average Bonchev–Trinajstić information content (AvgIpc) is 3.27. The number of H-pyrrole nitrogens is 1. The number of imidazole rings is 1. The molecule has 5 rings (SSSR count). The van der Waals surface area contributed by atoms with Crippen molar-refractivity contribution in [3.8, 4) is 22.4 Å². The van der Waals surface area contributed by atoms with Gasteiger partial charge < -0.3 is 19.8 Å². The Morgan fingerprint density at radius 3 is 2.64 bits per heavy atom. The molecule has 0 unspecified atom stereocenters. The fourth-order valence-corrected chi connectivity index (χ4v) is 4.62. The van der Waals surface area contributed by atoms with Gasteiger partial charge in [-0.05, 0) is 81.4 Å².